The molecule has 0 aromatic rings. The van der Waals surface area contributed by atoms with E-state index in [-0.39, 0.29) is 19.0 Å². The number of likely N-dealkylation sites (tertiary alicyclic amines) is 1. The predicted octanol–water partition coefficient (Wildman–Crippen LogP) is 0.561. The molecule has 1 aliphatic carbocycles. The van der Waals surface area contributed by atoms with E-state index in [0.29, 0.717) is 32.2 Å². The average molecular weight is 312 g/mol. The summed E-state index contributed by atoms with van der Waals surface area (Å²) in [6.45, 7) is 2.23. The van der Waals surface area contributed by atoms with Crippen LogP contribution < -0.4 is 5.32 Å². The molecule has 0 bridgehead atoms. The number of rotatable bonds is 3. The summed E-state index contributed by atoms with van der Waals surface area (Å²) >= 11 is 0. The van der Waals surface area contributed by atoms with Crippen LogP contribution in [0.4, 0.5) is 0 Å². The highest BCUT2D eigenvalue weighted by molar-refractivity contribution is 5.86. The van der Waals surface area contributed by atoms with E-state index in [1.807, 2.05) is 0 Å². The number of β-amino-alcohol motifs (C(OH)–C–C–N with tert-alkyl or cyclic N) is 1. The lowest BCUT2D eigenvalue weighted by atomic mass is 9.90. The summed E-state index contributed by atoms with van der Waals surface area (Å²) in [5.74, 6) is -0.607. The van der Waals surface area contributed by atoms with Gasteiger partial charge in [0.1, 0.15) is 0 Å². The standard InChI is InChI=1S/C16H28N2O4/c1-13(19)18-10-6-9-16(22,12-18)14(20)17-11-15(21)7-4-2-3-5-8-15/h21-22H,2-12H2,1H3,(H,17,20). The molecule has 1 saturated carbocycles. The second kappa shape index (κ2) is 6.96. The Hall–Kier alpha value is -1.14. The molecule has 0 radical (unpaired) electrons. The molecule has 1 aliphatic heterocycles. The highest BCUT2D eigenvalue weighted by Gasteiger charge is 2.42. The Bertz CT molecular complexity index is 418. The first-order valence-corrected chi connectivity index (χ1v) is 8.33. The number of carbonyl (C=O) groups is 2. The summed E-state index contributed by atoms with van der Waals surface area (Å²) in [5.41, 5.74) is -2.40. The molecule has 2 fully saturated rings. The van der Waals surface area contributed by atoms with E-state index in [2.05, 4.69) is 5.32 Å². The van der Waals surface area contributed by atoms with Crippen LogP contribution in [-0.2, 0) is 9.59 Å². The molecule has 1 heterocycles. The van der Waals surface area contributed by atoms with Crippen molar-refractivity contribution >= 4 is 11.8 Å². The third-order valence-corrected chi connectivity index (χ3v) is 4.95. The van der Waals surface area contributed by atoms with Crippen LogP contribution in [0.2, 0.25) is 0 Å². The predicted molar refractivity (Wildman–Crippen MR) is 82.1 cm³/mol. The molecule has 2 aliphatic rings. The molecule has 0 aromatic carbocycles. The highest BCUT2D eigenvalue weighted by atomic mass is 16.3. The van der Waals surface area contributed by atoms with Gasteiger partial charge in [-0.1, -0.05) is 25.7 Å². The maximum Gasteiger partial charge on any atom is 0.253 e. The second-order valence-corrected chi connectivity index (χ2v) is 6.90. The van der Waals surface area contributed by atoms with Crippen molar-refractivity contribution in [3.8, 4) is 0 Å². The Balaban J connectivity index is 1.91. The molecule has 6 nitrogen and oxygen atoms in total. The van der Waals surface area contributed by atoms with Gasteiger partial charge in [0.2, 0.25) is 5.91 Å². The Morgan fingerprint density at radius 3 is 2.27 bits per heavy atom. The van der Waals surface area contributed by atoms with E-state index in [4.69, 9.17) is 0 Å². The SMILES string of the molecule is CC(=O)N1CCCC(O)(C(=O)NCC2(O)CCCCCC2)C1. The first-order valence-electron chi connectivity index (χ1n) is 8.33. The Kier molecular flexibility index (Phi) is 5.45. The zero-order valence-corrected chi connectivity index (χ0v) is 13.4. The van der Waals surface area contributed by atoms with E-state index in [1.54, 1.807) is 0 Å². The summed E-state index contributed by atoms with van der Waals surface area (Å²) in [6, 6.07) is 0. The smallest absolute Gasteiger partial charge is 0.253 e. The number of hydrogen-bond donors (Lipinski definition) is 3. The highest BCUT2D eigenvalue weighted by Crippen LogP contribution is 2.27. The van der Waals surface area contributed by atoms with Crippen molar-refractivity contribution < 1.29 is 19.8 Å². The maximum absolute atomic E-state index is 12.3. The topological polar surface area (TPSA) is 89.9 Å². The normalized spacial score (nSPS) is 28.8. The van der Waals surface area contributed by atoms with Crippen molar-refractivity contribution in [1.82, 2.24) is 10.2 Å². The molecule has 2 amide bonds. The summed E-state index contributed by atoms with van der Waals surface area (Å²) in [7, 11) is 0. The van der Waals surface area contributed by atoms with Crippen LogP contribution >= 0.6 is 0 Å². The number of nitrogens with one attached hydrogen (secondary N) is 1. The van der Waals surface area contributed by atoms with Crippen LogP contribution in [0.5, 0.6) is 0 Å². The molecule has 1 atom stereocenters. The summed E-state index contributed by atoms with van der Waals surface area (Å²) in [6.07, 6.45) is 6.50. The second-order valence-electron chi connectivity index (χ2n) is 6.90. The molecule has 3 N–H and O–H groups in total. The first kappa shape index (κ1) is 17.2. The van der Waals surface area contributed by atoms with Crippen LogP contribution in [0.3, 0.4) is 0 Å². The van der Waals surface area contributed by atoms with Gasteiger partial charge in [-0.3, -0.25) is 9.59 Å². The fraction of sp³-hybridized carbons (Fsp3) is 0.875. The van der Waals surface area contributed by atoms with Gasteiger partial charge in [0.25, 0.3) is 5.91 Å². The summed E-state index contributed by atoms with van der Waals surface area (Å²) in [5, 5.41) is 23.8. The Morgan fingerprint density at radius 1 is 1.05 bits per heavy atom. The van der Waals surface area contributed by atoms with Crippen LogP contribution in [0, 0.1) is 0 Å². The average Bonchev–Trinajstić information content (AvgIpc) is 2.70. The summed E-state index contributed by atoms with van der Waals surface area (Å²) < 4.78 is 0. The maximum atomic E-state index is 12.3. The largest absolute Gasteiger partial charge is 0.388 e. The lowest BCUT2D eigenvalue weighted by Crippen LogP contribution is -2.59. The minimum Gasteiger partial charge on any atom is -0.388 e. The zero-order valence-electron chi connectivity index (χ0n) is 13.4. The van der Waals surface area contributed by atoms with Crippen LogP contribution in [0.25, 0.3) is 0 Å². The number of hydrogen-bond acceptors (Lipinski definition) is 4. The van der Waals surface area contributed by atoms with Crippen molar-refractivity contribution in [3.05, 3.63) is 0 Å². The van der Waals surface area contributed by atoms with E-state index in [0.717, 1.165) is 25.7 Å². The van der Waals surface area contributed by atoms with E-state index < -0.39 is 17.1 Å². The number of aliphatic hydroxyl groups is 2. The quantitative estimate of drug-likeness (QED) is 0.664. The van der Waals surface area contributed by atoms with Gasteiger partial charge >= 0.3 is 0 Å². The Morgan fingerprint density at radius 2 is 1.68 bits per heavy atom. The van der Waals surface area contributed by atoms with Gasteiger partial charge in [0.15, 0.2) is 5.60 Å². The van der Waals surface area contributed by atoms with Gasteiger partial charge in [-0.25, -0.2) is 0 Å². The van der Waals surface area contributed by atoms with Crippen LogP contribution in [0.15, 0.2) is 0 Å². The van der Waals surface area contributed by atoms with Gasteiger partial charge in [-0.15, -0.1) is 0 Å². The minimum absolute atomic E-state index is 0.0343. The van der Waals surface area contributed by atoms with E-state index in [9.17, 15) is 19.8 Å². The van der Waals surface area contributed by atoms with Crippen molar-refractivity contribution in [3.63, 3.8) is 0 Å². The van der Waals surface area contributed by atoms with Crippen molar-refractivity contribution in [2.45, 2.75) is 69.5 Å². The van der Waals surface area contributed by atoms with Crippen LogP contribution in [-0.4, -0.2) is 57.8 Å². The van der Waals surface area contributed by atoms with E-state index in [1.165, 1.54) is 11.8 Å². The molecule has 1 saturated heterocycles. The van der Waals surface area contributed by atoms with Crippen molar-refractivity contribution in [2.24, 2.45) is 0 Å². The molecule has 0 aromatic heterocycles. The van der Waals surface area contributed by atoms with Gasteiger partial charge in [-0.05, 0) is 25.7 Å². The van der Waals surface area contributed by atoms with Gasteiger partial charge < -0.3 is 20.4 Å². The Labute approximate surface area is 131 Å². The molecular formula is C16H28N2O4. The molecule has 2 rings (SSSR count). The number of amides is 2. The third kappa shape index (κ3) is 4.20. The zero-order chi connectivity index (χ0) is 16.2. The molecule has 126 valence electrons. The minimum atomic E-state index is -1.54. The van der Waals surface area contributed by atoms with Gasteiger partial charge in [0.05, 0.1) is 12.1 Å². The monoisotopic (exact) mass is 312 g/mol. The van der Waals surface area contributed by atoms with Gasteiger partial charge in [0, 0.05) is 20.0 Å². The third-order valence-electron chi connectivity index (χ3n) is 4.95. The van der Waals surface area contributed by atoms with Crippen molar-refractivity contribution in [1.29, 1.82) is 0 Å². The first-order chi connectivity index (χ1) is 10.3. The van der Waals surface area contributed by atoms with Crippen molar-refractivity contribution in [2.75, 3.05) is 19.6 Å². The lowest BCUT2D eigenvalue weighted by molar-refractivity contribution is -0.151. The summed E-state index contributed by atoms with van der Waals surface area (Å²) in [4.78, 5) is 25.3. The van der Waals surface area contributed by atoms with Crippen LogP contribution in [0.1, 0.15) is 58.3 Å². The number of nitrogens with zero attached hydrogens (tertiary/aromatic N) is 1. The number of carbonyl (C=O) groups excluding carboxylic acids is 2. The van der Waals surface area contributed by atoms with E-state index >= 15 is 0 Å². The lowest BCUT2D eigenvalue weighted by Gasteiger charge is -2.38. The molecule has 1 unspecified atom stereocenters. The fourth-order valence-corrected chi connectivity index (χ4v) is 3.46. The molecule has 6 heteroatoms. The molecule has 22 heavy (non-hydrogen) atoms. The molecular weight excluding hydrogens is 284 g/mol. The van der Waals surface area contributed by atoms with Gasteiger partial charge in [-0.2, -0.15) is 0 Å². The fourth-order valence-electron chi connectivity index (χ4n) is 3.46. The number of piperidine rings is 1. The molecule has 0 spiro atoms.